The lowest BCUT2D eigenvalue weighted by atomic mass is 9.68. The van der Waals surface area contributed by atoms with Crippen LogP contribution in [0.15, 0.2) is 53.2 Å². The van der Waals surface area contributed by atoms with E-state index in [1.807, 2.05) is 23.1 Å². The molecule has 6 aliphatic rings. The van der Waals surface area contributed by atoms with Crippen LogP contribution in [0.1, 0.15) is 24.8 Å². The van der Waals surface area contributed by atoms with Crippen LogP contribution in [-0.2, 0) is 20.7 Å². The average molecular weight is 503 g/mol. The topological polar surface area (TPSA) is 82.5 Å². The van der Waals surface area contributed by atoms with Gasteiger partial charge in [0.15, 0.2) is 17.1 Å². The Morgan fingerprint density at radius 2 is 1.94 bits per heavy atom. The van der Waals surface area contributed by atoms with Gasteiger partial charge in [0.25, 0.3) is 0 Å². The number of aliphatic hydroxyl groups excluding tert-OH is 2. The number of amides is 1. The number of fused-ring (bicyclic) bond motifs is 1. The highest BCUT2D eigenvalue weighted by molar-refractivity contribution is 6.36. The molecule has 34 heavy (non-hydrogen) atoms. The highest BCUT2D eigenvalue weighted by Crippen LogP contribution is 2.68. The molecule has 2 unspecified atom stereocenters. The van der Waals surface area contributed by atoms with E-state index in [-0.39, 0.29) is 29.6 Å². The van der Waals surface area contributed by atoms with Crippen LogP contribution < -0.4 is 0 Å². The maximum absolute atomic E-state index is 13.8. The SMILES string of the molecule is O=C1[C@@H]2C[C@]34/C=C(O)\C(O)=C/C5=C(O3)C4(Cc3c(Cl)cccc3Cl)N2[C@H]5CN1CC1CCCO1. The van der Waals surface area contributed by atoms with Crippen molar-refractivity contribution in [2.75, 3.05) is 19.7 Å². The Hall–Kier alpha value is -2.19. The van der Waals surface area contributed by atoms with E-state index >= 15 is 0 Å². The maximum Gasteiger partial charge on any atom is 0.240 e. The summed E-state index contributed by atoms with van der Waals surface area (Å²) >= 11 is 13.2. The summed E-state index contributed by atoms with van der Waals surface area (Å²) in [4.78, 5) is 17.9. The van der Waals surface area contributed by atoms with Gasteiger partial charge in [-0.1, -0.05) is 29.3 Å². The van der Waals surface area contributed by atoms with Crippen molar-refractivity contribution in [2.24, 2.45) is 0 Å². The predicted molar refractivity (Wildman–Crippen MR) is 125 cm³/mol. The first-order chi connectivity index (χ1) is 16.3. The highest BCUT2D eigenvalue weighted by Gasteiger charge is 2.81. The van der Waals surface area contributed by atoms with Gasteiger partial charge in [-0.15, -0.1) is 0 Å². The minimum atomic E-state index is -0.975. The van der Waals surface area contributed by atoms with Gasteiger partial charge in [0, 0.05) is 54.2 Å². The maximum atomic E-state index is 13.8. The molecule has 1 aromatic carbocycles. The molecule has 1 spiro atoms. The fourth-order valence-electron chi connectivity index (χ4n) is 7.04. The van der Waals surface area contributed by atoms with Gasteiger partial charge in [-0.05, 0) is 36.6 Å². The van der Waals surface area contributed by atoms with Gasteiger partial charge in [-0.3, -0.25) is 9.69 Å². The second kappa shape index (κ2) is 6.94. The van der Waals surface area contributed by atoms with Crippen molar-refractivity contribution in [1.29, 1.82) is 0 Å². The fraction of sp³-hybridized carbons (Fsp3) is 0.480. The fourth-order valence-corrected chi connectivity index (χ4v) is 7.57. The van der Waals surface area contributed by atoms with Crippen LogP contribution in [0.2, 0.25) is 10.0 Å². The Bertz CT molecular complexity index is 1200. The first-order valence-electron chi connectivity index (χ1n) is 11.7. The lowest BCUT2D eigenvalue weighted by molar-refractivity contribution is -0.159. The molecule has 9 heteroatoms. The van der Waals surface area contributed by atoms with Crippen molar-refractivity contribution >= 4 is 29.1 Å². The van der Waals surface area contributed by atoms with Gasteiger partial charge < -0.3 is 24.6 Å². The zero-order valence-corrected chi connectivity index (χ0v) is 19.8. The number of piperazine rings is 1. The number of nitrogens with zero attached hydrogens (tertiary/aromatic N) is 2. The van der Waals surface area contributed by atoms with E-state index in [4.69, 9.17) is 32.7 Å². The van der Waals surface area contributed by atoms with E-state index in [1.54, 1.807) is 12.2 Å². The molecule has 7 nitrogen and oxygen atoms in total. The summed E-state index contributed by atoms with van der Waals surface area (Å²) in [6, 6.07) is 4.83. The van der Waals surface area contributed by atoms with Crippen LogP contribution in [0.4, 0.5) is 0 Å². The van der Waals surface area contributed by atoms with Crippen LogP contribution in [0.3, 0.4) is 0 Å². The van der Waals surface area contributed by atoms with Crippen molar-refractivity contribution in [3.05, 3.63) is 68.8 Å². The van der Waals surface area contributed by atoms with Crippen LogP contribution >= 0.6 is 23.2 Å². The number of halogens is 2. The second-order valence-electron chi connectivity index (χ2n) is 10.1. The van der Waals surface area contributed by atoms with Crippen LogP contribution in [-0.4, -0.2) is 74.9 Å². The number of hydrogen-bond donors (Lipinski definition) is 2. The van der Waals surface area contributed by atoms with Crippen LogP contribution in [0.5, 0.6) is 0 Å². The molecule has 6 aliphatic heterocycles. The standard InChI is InChI=1S/C25H24Cl2N2O5/c26-16-4-1-5-17(27)15(16)8-25-22-14-7-20(30)21(31)10-24(25,34-22)9-18-23(32)28(12-19(14)29(18)25)11-13-3-2-6-33-13/h1,4-5,7,10,13,18-19,30-31H,2-3,6,8-9,11-12H2/b20-7+,21-10+/t13?,18-,19-,24+,25?/m0/s1. The average Bonchev–Trinajstić information content (AvgIpc) is 3.42. The van der Waals surface area contributed by atoms with E-state index in [0.29, 0.717) is 36.0 Å². The molecule has 6 heterocycles. The van der Waals surface area contributed by atoms with Crippen molar-refractivity contribution in [2.45, 2.75) is 55.0 Å². The minimum Gasteiger partial charge on any atom is -0.504 e. The lowest BCUT2D eigenvalue weighted by Gasteiger charge is -2.56. The molecule has 0 aliphatic carbocycles. The number of hydrogen-bond acceptors (Lipinski definition) is 6. The zero-order valence-electron chi connectivity index (χ0n) is 18.3. The van der Waals surface area contributed by atoms with Gasteiger partial charge in [-0.25, -0.2) is 0 Å². The summed E-state index contributed by atoms with van der Waals surface area (Å²) in [6.45, 7) is 1.77. The minimum absolute atomic E-state index is 0.0519. The molecule has 2 bridgehead atoms. The molecule has 0 radical (unpaired) electrons. The third-order valence-electron chi connectivity index (χ3n) is 8.45. The molecule has 4 fully saturated rings. The Kier molecular flexibility index (Phi) is 4.31. The Labute approximate surface area is 206 Å². The molecular weight excluding hydrogens is 479 g/mol. The molecule has 178 valence electrons. The number of benzene rings is 1. The van der Waals surface area contributed by atoms with E-state index in [1.165, 1.54) is 0 Å². The third kappa shape index (κ3) is 2.48. The second-order valence-corrected chi connectivity index (χ2v) is 10.9. The summed E-state index contributed by atoms with van der Waals surface area (Å²) in [5.74, 6) is 0.359. The number of rotatable bonds is 4. The van der Waals surface area contributed by atoms with E-state index in [2.05, 4.69) is 4.90 Å². The third-order valence-corrected chi connectivity index (χ3v) is 9.16. The first-order valence-corrected chi connectivity index (χ1v) is 12.5. The Morgan fingerprint density at radius 1 is 1.15 bits per heavy atom. The van der Waals surface area contributed by atoms with Crippen molar-refractivity contribution in [3.8, 4) is 0 Å². The molecule has 7 rings (SSSR count). The molecule has 2 N–H and O–H groups in total. The van der Waals surface area contributed by atoms with Crippen molar-refractivity contribution < 1.29 is 24.5 Å². The van der Waals surface area contributed by atoms with Crippen molar-refractivity contribution in [3.63, 3.8) is 0 Å². The normalized spacial score (nSPS) is 40.8. The molecule has 4 saturated heterocycles. The number of aliphatic hydroxyl groups is 2. The van der Waals surface area contributed by atoms with Crippen LogP contribution in [0, 0.1) is 0 Å². The lowest BCUT2D eigenvalue weighted by Crippen LogP contribution is -2.70. The quantitative estimate of drug-likeness (QED) is 0.653. The van der Waals surface area contributed by atoms with Crippen molar-refractivity contribution in [1.82, 2.24) is 9.80 Å². The summed E-state index contributed by atoms with van der Waals surface area (Å²) in [5, 5.41) is 22.3. The number of ether oxygens (including phenoxy) is 2. The van der Waals surface area contributed by atoms with Gasteiger partial charge in [0.2, 0.25) is 5.91 Å². The molecule has 1 aromatic rings. The number of carbonyl (C=O) groups is 1. The summed E-state index contributed by atoms with van der Waals surface area (Å²) < 4.78 is 12.3. The van der Waals surface area contributed by atoms with Gasteiger partial charge in [0.05, 0.1) is 18.2 Å². The van der Waals surface area contributed by atoms with Crippen LogP contribution in [0.25, 0.3) is 0 Å². The van der Waals surface area contributed by atoms with E-state index in [9.17, 15) is 15.0 Å². The Balaban J connectivity index is 1.37. The van der Waals surface area contributed by atoms with Gasteiger partial charge in [-0.2, -0.15) is 0 Å². The Morgan fingerprint density at radius 3 is 2.68 bits per heavy atom. The molecule has 1 amide bonds. The van der Waals surface area contributed by atoms with E-state index in [0.717, 1.165) is 36.3 Å². The summed E-state index contributed by atoms with van der Waals surface area (Å²) in [7, 11) is 0. The summed E-state index contributed by atoms with van der Waals surface area (Å²) in [5.41, 5.74) is -0.0986. The molecule has 0 saturated carbocycles. The molecule has 0 aromatic heterocycles. The largest absolute Gasteiger partial charge is 0.504 e. The van der Waals surface area contributed by atoms with E-state index < -0.39 is 17.2 Å². The smallest absolute Gasteiger partial charge is 0.240 e. The summed E-state index contributed by atoms with van der Waals surface area (Å²) in [6.07, 6.45) is 6.00. The molecular formula is C25H24Cl2N2O5. The first kappa shape index (κ1) is 21.1. The predicted octanol–water partition coefficient (Wildman–Crippen LogP) is 3.67. The molecule has 5 atom stereocenters. The monoisotopic (exact) mass is 502 g/mol. The zero-order chi connectivity index (χ0) is 23.4. The highest BCUT2D eigenvalue weighted by atomic mass is 35.5. The number of carbonyl (C=O) groups excluding carboxylic acids is 1. The van der Waals surface area contributed by atoms with Gasteiger partial charge >= 0.3 is 0 Å². The van der Waals surface area contributed by atoms with Gasteiger partial charge in [0.1, 0.15) is 11.3 Å².